The van der Waals surface area contributed by atoms with Gasteiger partial charge in [-0.05, 0) is 52.7 Å². The zero-order valence-corrected chi connectivity index (χ0v) is 14.0. The van der Waals surface area contributed by atoms with E-state index in [1.807, 2.05) is 31.2 Å². The Morgan fingerprint density at radius 2 is 2.19 bits per heavy atom. The number of hydrogen-bond donors (Lipinski definition) is 2. The molecule has 0 bridgehead atoms. The van der Waals surface area contributed by atoms with Crippen molar-refractivity contribution in [1.29, 1.82) is 0 Å². The quantitative estimate of drug-likeness (QED) is 0.824. The van der Waals surface area contributed by atoms with Gasteiger partial charge in [0.15, 0.2) is 0 Å². The van der Waals surface area contributed by atoms with Crippen LogP contribution in [0.2, 0.25) is 0 Å². The van der Waals surface area contributed by atoms with Crippen LogP contribution in [0.15, 0.2) is 34.1 Å². The lowest BCUT2D eigenvalue weighted by molar-refractivity contribution is 0.0950. The van der Waals surface area contributed by atoms with Gasteiger partial charge in [-0.2, -0.15) is 0 Å². The molecule has 0 unspecified atom stereocenters. The van der Waals surface area contributed by atoms with Crippen LogP contribution in [0.1, 0.15) is 26.4 Å². The Balaban J connectivity index is 2.10. The Morgan fingerprint density at radius 3 is 2.86 bits per heavy atom. The van der Waals surface area contributed by atoms with E-state index >= 15 is 0 Å². The van der Waals surface area contributed by atoms with Crippen LogP contribution in [0.4, 0.5) is 0 Å². The molecule has 0 radical (unpaired) electrons. The number of benzene rings is 1. The van der Waals surface area contributed by atoms with E-state index < -0.39 is 0 Å². The monoisotopic (exact) mass is 362 g/mol. The summed E-state index contributed by atoms with van der Waals surface area (Å²) < 4.78 is 1.06. The van der Waals surface area contributed by atoms with Crippen LogP contribution in [0.3, 0.4) is 0 Å². The summed E-state index contributed by atoms with van der Waals surface area (Å²) >= 11 is 5.02. The van der Waals surface area contributed by atoms with Gasteiger partial charge in [-0.15, -0.1) is 11.3 Å². The zero-order valence-electron chi connectivity index (χ0n) is 11.6. The van der Waals surface area contributed by atoms with Crippen LogP contribution in [0.25, 0.3) is 0 Å². The maximum Gasteiger partial charge on any atom is 0.251 e. The Morgan fingerprint density at radius 1 is 1.38 bits per heavy atom. The predicted octanol–water partition coefficient (Wildman–Crippen LogP) is 3.06. The molecule has 0 aliphatic carbocycles. The number of amides is 1. The van der Waals surface area contributed by atoms with E-state index in [2.05, 4.69) is 33.1 Å². The van der Waals surface area contributed by atoms with Crippen molar-refractivity contribution >= 4 is 33.2 Å². The van der Waals surface area contributed by atoms with Crippen LogP contribution in [0.5, 0.6) is 0 Å². The van der Waals surface area contributed by atoms with Gasteiger partial charge in [0.2, 0.25) is 0 Å². The lowest BCUT2D eigenvalue weighted by Gasteiger charge is -2.07. The lowest BCUT2D eigenvalue weighted by atomic mass is 10.0. The normalized spacial score (nSPS) is 9.86. The second kappa shape index (κ2) is 7.41. The molecule has 21 heavy (non-hydrogen) atoms. The molecule has 0 spiro atoms. The highest BCUT2D eigenvalue weighted by Crippen LogP contribution is 2.22. The fraction of sp³-hybridized carbons (Fsp3) is 0.188. The van der Waals surface area contributed by atoms with E-state index in [0.717, 1.165) is 19.8 Å². The molecule has 1 aromatic carbocycles. The highest BCUT2D eigenvalue weighted by molar-refractivity contribution is 9.11. The van der Waals surface area contributed by atoms with Crippen molar-refractivity contribution in [2.75, 3.05) is 6.54 Å². The van der Waals surface area contributed by atoms with Gasteiger partial charge in [0.05, 0.1) is 16.9 Å². The van der Waals surface area contributed by atoms with Crippen LogP contribution in [-0.2, 0) is 6.54 Å². The molecule has 0 fully saturated rings. The van der Waals surface area contributed by atoms with Gasteiger partial charge in [-0.3, -0.25) is 4.79 Å². The topological polar surface area (TPSA) is 55.1 Å². The third kappa shape index (κ3) is 4.43. The van der Waals surface area contributed by atoms with Crippen LogP contribution < -0.4 is 11.1 Å². The average Bonchev–Trinajstić information content (AvgIpc) is 2.89. The largest absolute Gasteiger partial charge is 0.347 e. The van der Waals surface area contributed by atoms with Crippen molar-refractivity contribution in [2.24, 2.45) is 5.73 Å². The molecule has 2 aromatic rings. The highest BCUT2D eigenvalue weighted by atomic mass is 79.9. The fourth-order valence-corrected chi connectivity index (χ4v) is 3.23. The molecule has 108 valence electrons. The third-order valence-corrected chi connectivity index (χ3v) is 4.49. The van der Waals surface area contributed by atoms with Crippen molar-refractivity contribution in [3.63, 3.8) is 0 Å². The second-order valence-electron chi connectivity index (χ2n) is 4.42. The molecule has 0 aliphatic rings. The molecule has 3 N–H and O–H groups in total. The van der Waals surface area contributed by atoms with Crippen molar-refractivity contribution in [2.45, 2.75) is 13.5 Å². The SMILES string of the molecule is Cc1ccc(C#CCN)cc1C(=O)NCc1ccc(Br)s1. The summed E-state index contributed by atoms with van der Waals surface area (Å²) in [6, 6.07) is 9.56. The second-order valence-corrected chi connectivity index (χ2v) is 6.97. The van der Waals surface area contributed by atoms with Crippen molar-refractivity contribution in [1.82, 2.24) is 5.32 Å². The number of nitrogens with two attached hydrogens (primary N) is 1. The molecular formula is C16H15BrN2OS. The van der Waals surface area contributed by atoms with Gasteiger partial charge >= 0.3 is 0 Å². The zero-order chi connectivity index (χ0) is 15.2. The van der Waals surface area contributed by atoms with E-state index in [9.17, 15) is 4.79 Å². The molecule has 1 heterocycles. The number of halogens is 1. The van der Waals surface area contributed by atoms with E-state index in [1.165, 1.54) is 0 Å². The predicted molar refractivity (Wildman–Crippen MR) is 90.3 cm³/mol. The van der Waals surface area contributed by atoms with Gasteiger partial charge in [0, 0.05) is 16.0 Å². The first-order valence-electron chi connectivity index (χ1n) is 6.42. The molecule has 5 heteroatoms. The number of thiophene rings is 1. The number of aryl methyl sites for hydroxylation is 1. The maximum absolute atomic E-state index is 12.3. The number of carbonyl (C=O) groups is 1. The Bertz CT molecular complexity index is 713. The van der Waals surface area contributed by atoms with Crippen molar-refractivity contribution < 1.29 is 4.79 Å². The van der Waals surface area contributed by atoms with Crippen molar-refractivity contribution in [3.8, 4) is 11.8 Å². The van der Waals surface area contributed by atoms with Crippen LogP contribution in [-0.4, -0.2) is 12.5 Å². The molecule has 1 amide bonds. The summed E-state index contributed by atoms with van der Waals surface area (Å²) in [5.41, 5.74) is 7.74. The smallest absolute Gasteiger partial charge is 0.251 e. The molecule has 0 saturated carbocycles. The molecule has 0 atom stereocenters. The summed E-state index contributed by atoms with van der Waals surface area (Å²) in [4.78, 5) is 13.4. The Hall–Kier alpha value is -1.61. The Labute approximate surface area is 136 Å². The Kier molecular flexibility index (Phi) is 5.57. The van der Waals surface area contributed by atoms with Crippen molar-refractivity contribution in [3.05, 3.63) is 55.7 Å². The lowest BCUT2D eigenvalue weighted by Crippen LogP contribution is -2.23. The van der Waals surface area contributed by atoms with Gasteiger partial charge in [-0.1, -0.05) is 17.9 Å². The number of rotatable bonds is 3. The first kappa shape index (κ1) is 15.8. The first-order chi connectivity index (χ1) is 10.1. The minimum Gasteiger partial charge on any atom is -0.347 e. The molecule has 0 aliphatic heterocycles. The van der Waals surface area contributed by atoms with Gasteiger partial charge in [-0.25, -0.2) is 0 Å². The van der Waals surface area contributed by atoms with Crippen LogP contribution in [0, 0.1) is 18.8 Å². The van der Waals surface area contributed by atoms with Gasteiger partial charge in [0.25, 0.3) is 5.91 Å². The summed E-state index contributed by atoms with van der Waals surface area (Å²) in [5, 5.41) is 2.93. The van der Waals surface area contributed by atoms with Gasteiger partial charge in [0.1, 0.15) is 0 Å². The molecular weight excluding hydrogens is 348 g/mol. The molecule has 1 aromatic heterocycles. The third-order valence-electron chi connectivity index (χ3n) is 2.87. The summed E-state index contributed by atoms with van der Waals surface area (Å²) in [5.74, 6) is 5.65. The van der Waals surface area contributed by atoms with E-state index in [4.69, 9.17) is 5.73 Å². The fourth-order valence-electron chi connectivity index (χ4n) is 1.81. The summed E-state index contributed by atoms with van der Waals surface area (Å²) in [6.45, 7) is 2.74. The first-order valence-corrected chi connectivity index (χ1v) is 8.03. The minimum absolute atomic E-state index is 0.0894. The maximum atomic E-state index is 12.3. The number of hydrogen-bond acceptors (Lipinski definition) is 3. The molecule has 2 rings (SSSR count). The van der Waals surface area contributed by atoms with E-state index in [0.29, 0.717) is 18.7 Å². The molecule has 3 nitrogen and oxygen atoms in total. The number of carbonyl (C=O) groups excluding carboxylic acids is 1. The average molecular weight is 363 g/mol. The van der Waals surface area contributed by atoms with E-state index in [1.54, 1.807) is 17.4 Å². The minimum atomic E-state index is -0.0894. The summed E-state index contributed by atoms with van der Waals surface area (Å²) in [6.07, 6.45) is 0. The molecule has 0 saturated heterocycles. The highest BCUT2D eigenvalue weighted by Gasteiger charge is 2.09. The van der Waals surface area contributed by atoms with Gasteiger partial charge < -0.3 is 11.1 Å². The summed E-state index contributed by atoms with van der Waals surface area (Å²) in [7, 11) is 0. The van der Waals surface area contributed by atoms with E-state index in [-0.39, 0.29) is 5.91 Å². The number of nitrogens with one attached hydrogen (secondary N) is 1. The van der Waals surface area contributed by atoms with Crippen LogP contribution >= 0.6 is 27.3 Å². The standard InChI is InChI=1S/C16H15BrN2OS/c1-11-4-5-12(3-2-8-18)9-14(11)16(20)19-10-13-6-7-15(17)21-13/h4-7,9H,8,10,18H2,1H3,(H,19,20).